The van der Waals surface area contributed by atoms with Crippen molar-refractivity contribution in [1.29, 1.82) is 0 Å². The molecule has 2 aromatic rings. The van der Waals surface area contributed by atoms with Crippen LogP contribution < -0.4 is 15.1 Å². The van der Waals surface area contributed by atoms with E-state index in [0.717, 1.165) is 40.0 Å². The maximum absolute atomic E-state index is 12.4. The van der Waals surface area contributed by atoms with Gasteiger partial charge in [0.25, 0.3) is 5.91 Å². The van der Waals surface area contributed by atoms with Gasteiger partial charge in [-0.15, -0.1) is 0 Å². The standard InChI is InChI=1S/C24H28BrN3O2/c1-6-11-28-21-13-22(30-5)17(12-19(21)16(2)14-24(28,3)4)15-26-27-23(29)18-9-7-8-10-20(18)25/h7-10,12-15H,6,11H2,1-5H3,(H,27,29)/b26-15-. The molecule has 1 N–H and O–H groups in total. The first-order valence-electron chi connectivity index (χ1n) is 10.1. The first-order valence-corrected chi connectivity index (χ1v) is 10.8. The zero-order valence-electron chi connectivity index (χ0n) is 18.1. The van der Waals surface area contributed by atoms with Gasteiger partial charge < -0.3 is 9.64 Å². The molecule has 0 fully saturated rings. The summed E-state index contributed by atoms with van der Waals surface area (Å²) in [5.41, 5.74) is 7.41. The van der Waals surface area contributed by atoms with Crippen LogP contribution >= 0.6 is 15.9 Å². The molecule has 1 heterocycles. The summed E-state index contributed by atoms with van der Waals surface area (Å²) in [5, 5.41) is 4.17. The summed E-state index contributed by atoms with van der Waals surface area (Å²) in [7, 11) is 1.65. The minimum absolute atomic E-state index is 0.0647. The summed E-state index contributed by atoms with van der Waals surface area (Å²) in [5.74, 6) is 0.446. The molecule has 0 unspecified atom stereocenters. The van der Waals surface area contributed by atoms with E-state index in [1.807, 2.05) is 18.2 Å². The minimum Gasteiger partial charge on any atom is -0.496 e. The maximum Gasteiger partial charge on any atom is 0.272 e. The number of carbonyl (C=O) groups is 1. The molecule has 6 heteroatoms. The number of allylic oxidation sites excluding steroid dienone is 1. The number of amides is 1. The fourth-order valence-corrected chi connectivity index (χ4v) is 4.36. The second-order valence-corrected chi connectivity index (χ2v) is 8.78. The van der Waals surface area contributed by atoms with Gasteiger partial charge in [0.15, 0.2) is 0 Å². The molecule has 5 nitrogen and oxygen atoms in total. The SMILES string of the molecule is CCCN1c2cc(OC)c(/C=N\NC(=O)c3ccccc3Br)cc2C(C)=CC1(C)C. The molecule has 0 atom stereocenters. The fourth-order valence-electron chi connectivity index (χ4n) is 3.90. The van der Waals surface area contributed by atoms with Crippen LogP contribution in [-0.2, 0) is 0 Å². The Morgan fingerprint density at radius 2 is 2.03 bits per heavy atom. The average Bonchev–Trinajstić information content (AvgIpc) is 2.70. The van der Waals surface area contributed by atoms with Gasteiger partial charge in [0.1, 0.15) is 5.75 Å². The van der Waals surface area contributed by atoms with Gasteiger partial charge in [-0.3, -0.25) is 4.79 Å². The summed E-state index contributed by atoms with van der Waals surface area (Å²) in [6.07, 6.45) is 4.99. The van der Waals surface area contributed by atoms with Crippen molar-refractivity contribution in [2.24, 2.45) is 5.10 Å². The molecule has 0 radical (unpaired) electrons. The first-order chi connectivity index (χ1) is 14.3. The lowest BCUT2D eigenvalue weighted by Gasteiger charge is -2.43. The molecular weight excluding hydrogens is 442 g/mol. The van der Waals surface area contributed by atoms with E-state index in [9.17, 15) is 4.79 Å². The number of benzene rings is 2. The first kappa shape index (κ1) is 22.1. The van der Waals surface area contributed by atoms with Gasteiger partial charge >= 0.3 is 0 Å². The number of methoxy groups -OCH3 is 1. The third-order valence-electron chi connectivity index (χ3n) is 5.26. The Morgan fingerprint density at radius 3 is 2.70 bits per heavy atom. The van der Waals surface area contributed by atoms with E-state index < -0.39 is 0 Å². The van der Waals surface area contributed by atoms with Crippen molar-refractivity contribution >= 4 is 39.3 Å². The van der Waals surface area contributed by atoms with Gasteiger partial charge in [0.2, 0.25) is 0 Å². The van der Waals surface area contributed by atoms with Crippen molar-refractivity contribution in [3.05, 3.63) is 63.6 Å². The molecule has 0 aromatic heterocycles. The summed E-state index contributed by atoms with van der Waals surface area (Å²) in [4.78, 5) is 14.8. The molecule has 3 rings (SSSR count). The Bertz CT molecular complexity index is 1010. The molecule has 1 aliphatic rings. The molecule has 1 amide bonds. The van der Waals surface area contributed by atoms with E-state index in [2.05, 4.69) is 77.3 Å². The summed E-state index contributed by atoms with van der Waals surface area (Å²) in [6.45, 7) is 9.74. The Hall–Kier alpha value is -2.60. The number of hydrogen-bond acceptors (Lipinski definition) is 4. The van der Waals surface area contributed by atoms with Crippen LogP contribution in [0.4, 0.5) is 5.69 Å². The van der Waals surface area contributed by atoms with Crippen molar-refractivity contribution in [2.45, 2.75) is 39.7 Å². The second-order valence-electron chi connectivity index (χ2n) is 7.92. The van der Waals surface area contributed by atoms with E-state index in [0.29, 0.717) is 5.56 Å². The lowest BCUT2D eigenvalue weighted by Crippen LogP contribution is -2.45. The molecule has 2 aromatic carbocycles. The van der Waals surface area contributed by atoms with E-state index in [-0.39, 0.29) is 11.4 Å². The number of nitrogens with zero attached hydrogens (tertiary/aromatic N) is 2. The van der Waals surface area contributed by atoms with E-state index >= 15 is 0 Å². The molecule has 0 saturated heterocycles. The molecule has 0 spiro atoms. The van der Waals surface area contributed by atoms with Gasteiger partial charge in [-0.25, -0.2) is 5.43 Å². The highest BCUT2D eigenvalue weighted by atomic mass is 79.9. The predicted octanol–water partition coefficient (Wildman–Crippen LogP) is 5.63. The van der Waals surface area contributed by atoms with Crippen molar-refractivity contribution in [2.75, 3.05) is 18.6 Å². The van der Waals surface area contributed by atoms with Gasteiger partial charge in [-0.2, -0.15) is 5.10 Å². The minimum atomic E-state index is -0.275. The van der Waals surface area contributed by atoms with Gasteiger partial charge in [0, 0.05) is 33.9 Å². The van der Waals surface area contributed by atoms with Gasteiger partial charge in [-0.1, -0.05) is 25.1 Å². The van der Waals surface area contributed by atoms with E-state index in [1.54, 1.807) is 19.4 Å². The molecule has 1 aliphatic heterocycles. The third-order valence-corrected chi connectivity index (χ3v) is 5.96. The normalized spacial score (nSPS) is 15.0. The van der Waals surface area contributed by atoms with Crippen LogP contribution in [0.15, 0.2) is 52.0 Å². The molecule has 0 aliphatic carbocycles. The topological polar surface area (TPSA) is 53.9 Å². The van der Waals surface area contributed by atoms with E-state index in [1.165, 1.54) is 5.57 Å². The van der Waals surface area contributed by atoms with Crippen LogP contribution in [0.3, 0.4) is 0 Å². The lowest BCUT2D eigenvalue weighted by molar-refractivity contribution is 0.0954. The van der Waals surface area contributed by atoms with Crippen molar-refractivity contribution in [3.63, 3.8) is 0 Å². The molecule has 158 valence electrons. The summed E-state index contributed by atoms with van der Waals surface area (Å²) < 4.78 is 6.37. The van der Waals surface area contributed by atoms with E-state index in [4.69, 9.17) is 4.74 Å². The van der Waals surface area contributed by atoms with Crippen LogP contribution in [0.2, 0.25) is 0 Å². The zero-order valence-corrected chi connectivity index (χ0v) is 19.7. The number of nitrogens with one attached hydrogen (secondary N) is 1. The monoisotopic (exact) mass is 469 g/mol. The van der Waals surface area contributed by atoms with Crippen LogP contribution in [0.5, 0.6) is 5.75 Å². The Morgan fingerprint density at radius 1 is 1.30 bits per heavy atom. The largest absolute Gasteiger partial charge is 0.496 e. The van der Waals surface area contributed by atoms with Gasteiger partial charge in [-0.05, 0) is 66.9 Å². The van der Waals surface area contributed by atoms with Crippen LogP contribution in [0.1, 0.15) is 55.6 Å². The van der Waals surface area contributed by atoms with Gasteiger partial charge in [0.05, 0.1) is 24.4 Å². The number of anilines is 1. The molecule has 30 heavy (non-hydrogen) atoms. The molecule has 0 bridgehead atoms. The Kier molecular flexibility index (Phi) is 6.66. The number of halogens is 1. The number of rotatable bonds is 6. The lowest BCUT2D eigenvalue weighted by atomic mass is 9.87. The molecule has 0 saturated carbocycles. The van der Waals surface area contributed by atoms with Crippen molar-refractivity contribution in [1.82, 2.24) is 5.43 Å². The smallest absolute Gasteiger partial charge is 0.272 e. The maximum atomic E-state index is 12.4. The number of hydrazone groups is 1. The highest BCUT2D eigenvalue weighted by molar-refractivity contribution is 9.10. The zero-order chi connectivity index (χ0) is 21.9. The number of ether oxygens (including phenoxy) is 1. The van der Waals surface area contributed by atoms with Crippen LogP contribution in [0.25, 0.3) is 5.57 Å². The van der Waals surface area contributed by atoms with Crippen LogP contribution in [-0.4, -0.2) is 31.3 Å². The summed E-state index contributed by atoms with van der Waals surface area (Å²) >= 11 is 3.39. The predicted molar refractivity (Wildman–Crippen MR) is 128 cm³/mol. The third kappa shape index (κ3) is 4.43. The highest BCUT2D eigenvalue weighted by Gasteiger charge is 2.31. The molecular formula is C24H28BrN3O2. The Balaban J connectivity index is 1.92. The number of hydrogen-bond donors (Lipinski definition) is 1. The average molecular weight is 470 g/mol. The highest BCUT2D eigenvalue weighted by Crippen LogP contribution is 2.41. The van der Waals surface area contributed by atoms with Crippen molar-refractivity contribution < 1.29 is 9.53 Å². The summed E-state index contributed by atoms with van der Waals surface area (Å²) in [6, 6.07) is 11.4. The fraction of sp³-hybridized carbons (Fsp3) is 0.333. The Labute approximate surface area is 186 Å². The number of carbonyl (C=O) groups excluding carboxylic acids is 1. The second kappa shape index (κ2) is 9.04. The quantitative estimate of drug-likeness (QED) is 0.440. The van der Waals surface area contributed by atoms with Crippen LogP contribution in [0, 0.1) is 0 Å². The number of fused-ring (bicyclic) bond motifs is 1. The van der Waals surface area contributed by atoms with Crippen molar-refractivity contribution in [3.8, 4) is 5.75 Å².